The molecule has 17 heavy (non-hydrogen) atoms. The average Bonchev–Trinajstić information content (AvgIpc) is 2.25. The highest BCUT2D eigenvalue weighted by Crippen LogP contribution is 2.38. The van der Waals surface area contributed by atoms with Crippen molar-refractivity contribution >= 4 is 0 Å². The molecule has 0 spiro atoms. The van der Waals surface area contributed by atoms with Crippen LogP contribution in [0.25, 0.3) is 0 Å². The summed E-state index contributed by atoms with van der Waals surface area (Å²) in [5.74, 6) is 0. The Balaban J connectivity index is 2.26. The number of aliphatic hydroxyl groups is 1. The van der Waals surface area contributed by atoms with Crippen LogP contribution in [0.2, 0.25) is 0 Å². The molecule has 1 rings (SSSR count). The number of halogens is 3. The molecule has 1 aliphatic rings. The molecule has 0 bridgehead atoms. The summed E-state index contributed by atoms with van der Waals surface area (Å²) in [5.41, 5.74) is -2.47. The molecule has 6 heteroatoms. The van der Waals surface area contributed by atoms with Crippen molar-refractivity contribution in [2.45, 2.75) is 38.0 Å². The first kappa shape index (κ1) is 14.7. The Hall–Kier alpha value is -0.330. The largest absolute Gasteiger partial charge is 0.417 e. The van der Waals surface area contributed by atoms with Crippen LogP contribution in [0.3, 0.4) is 0 Å². The van der Waals surface area contributed by atoms with Crippen molar-refractivity contribution in [3.8, 4) is 0 Å². The highest BCUT2D eigenvalue weighted by molar-refractivity contribution is 4.91. The van der Waals surface area contributed by atoms with Gasteiger partial charge < -0.3 is 15.3 Å². The van der Waals surface area contributed by atoms with Crippen LogP contribution in [0.4, 0.5) is 13.2 Å². The van der Waals surface area contributed by atoms with Crippen molar-refractivity contribution in [2.24, 2.45) is 0 Å². The number of alkyl halides is 3. The minimum Gasteiger partial charge on any atom is -0.380 e. The molecule has 0 radical (unpaired) electrons. The van der Waals surface area contributed by atoms with Crippen molar-refractivity contribution in [2.75, 3.05) is 32.7 Å². The van der Waals surface area contributed by atoms with Gasteiger partial charge in [-0.25, -0.2) is 0 Å². The fourth-order valence-corrected chi connectivity index (χ4v) is 1.97. The molecule has 0 amide bonds. The van der Waals surface area contributed by atoms with Gasteiger partial charge >= 0.3 is 6.18 Å². The SMILES string of the molecule is CCCNCCN1CCC(O)(C(F)(F)F)CC1. The van der Waals surface area contributed by atoms with Crippen LogP contribution >= 0.6 is 0 Å². The molecule has 0 unspecified atom stereocenters. The number of piperidine rings is 1. The van der Waals surface area contributed by atoms with Gasteiger partial charge in [-0.05, 0) is 25.8 Å². The molecule has 0 saturated carbocycles. The maximum atomic E-state index is 12.5. The summed E-state index contributed by atoms with van der Waals surface area (Å²) in [5, 5.41) is 12.7. The van der Waals surface area contributed by atoms with Gasteiger partial charge in [-0.15, -0.1) is 0 Å². The van der Waals surface area contributed by atoms with Crippen LogP contribution in [0.15, 0.2) is 0 Å². The van der Waals surface area contributed by atoms with E-state index in [0.29, 0.717) is 13.1 Å². The molecule has 0 aromatic rings. The third-order valence-corrected chi connectivity index (χ3v) is 3.24. The van der Waals surface area contributed by atoms with Crippen molar-refractivity contribution in [3.05, 3.63) is 0 Å². The van der Waals surface area contributed by atoms with Gasteiger partial charge in [0.05, 0.1) is 0 Å². The molecular formula is C11H21F3N2O. The van der Waals surface area contributed by atoms with E-state index in [2.05, 4.69) is 12.2 Å². The monoisotopic (exact) mass is 254 g/mol. The Morgan fingerprint density at radius 2 is 1.82 bits per heavy atom. The van der Waals surface area contributed by atoms with Gasteiger partial charge in [-0.3, -0.25) is 0 Å². The Bertz CT molecular complexity index is 225. The van der Waals surface area contributed by atoms with E-state index < -0.39 is 11.8 Å². The molecule has 1 heterocycles. The Kier molecular flexibility index (Phi) is 5.22. The van der Waals surface area contributed by atoms with Gasteiger partial charge in [-0.2, -0.15) is 13.2 Å². The van der Waals surface area contributed by atoms with Crippen LogP contribution in [0.5, 0.6) is 0 Å². The first-order valence-corrected chi connectivity index (χ1v) is 6.11. The lowest BCUT2D eigenvalue weighted by atomic mass is 9.91. The molecule has 0 aliphatic carbocycles. The lowest BCUT2D eigenvalue weighted by Gasteiger charge is -2.39. The lowest BCUT2D eigenvalue weighted by molar-refractivity contribution is -0.272. The summed E-state index contributed by atoms with van der Waals surface area (Å²) in [6.45, 7) is 5.15. The van der Waals surface area contributed by atoms with Gasteiger partial charge in [0, 0.05) is 26.2 Å². The van der Waals surface area contributed by atoms with Gasteiger partial charge in [0.2, 0.25) is 0 Å². The predicted molar refractivity (Wildman–Crippen MR) is 59.8 cm³/mol. The fourth-order valence-electron chi connectivity index (χ4n) is 1.97. The highest BCUT2D eigenvalue weighted by Gasteiger charge is 2.54. The molecule has 0 atom stereocenters. The van der Waals surface area contributed by atoms with Crippen molar-refractivity contribution in [1.29, 1.82) is 0 Å². The van der Waals surface area contributed by atoms with E-state index in [4.69, 9.17) is 0 Å². The Morgan fingerprint density at radius 1 is 1.24 bits per heavy atom. The van der Waals surface area contributed by atoms with Gasteiger partial charge in [-0.1, -0.05) is 6.92 Å². The van der Waals surface area contributed by atoms with Crippen LogP contribution < -0.4 is 5.32 Å². The van der Waals surface area contributed by atoms with E-state index in [1.54, 1.807) is 0 Å². The van der Waals surface area contributed by atoms with E-state index >= 15 is 0 Å². The number of hydrogen-bond acceptors (Lipinski definition) is 3. The van der Waals surface area contributed by atoms with E-state index in [-0.39, 0.29) is 12.8 Å². The molecule has 0 aromatic heterocycles. The summed E-state index contributed by atoms with van der Waals surface area (Å²) >= 11 is 0. The molecule has 1 fully saturated rings. The standard InChI is InChI=1S/C11H21F3N2O/c1-2-5-15-6-9-16-7-3-10(17,4-8-16)11(12,13)14/h15,17H,2-9H2,1H3. The maximum absolute atomic E-state index is 12.5. The summed E-state index contributed by atoms with van der Waals surface area (Å²) in [6, 6.07) is 0. The Labute approximate surface area is 100.0 Å². The molecule has 1 saturated heterocycles. The van der Waals surface area contributed by atoms with Gasteiger partial charge in [0.15, 0.2) is 5.60 Å². The number of nitrogens with zero attached hydrogens (tertiary/aromatic N) is 1. The highest BCUT2D eigenvalue weighted by atomic mass is 19.4. The van der Waals surface area contributed by atoms with Crippen LogP contribution in [-0.4, -0.2) is 54.5 Å². The first-order chi connectivity index (χ1) is 7.89. The number of hydrogen-bond donors (Lipinski definition) is 2. The number of nitrogens with one attached hydrogen (secondary N) is 1. The van der Waals surface area contributed by atoms with Gasteiger partial charge in [0.25, 0.3) is 0 Å². The van der Waals surface area contributed by atoms with Crippen LogP contribution in [-0.2, 0) is 0 Å². The minimum absolute atomic E-state index is 0.218. The Morgan fingerprint density at radius 3 is 2.29 bits per heavy atom. The molecule has 102 valence electrons. The molecule has 1 aliphatic heterocycles. The van der Waals surface area contributed by atoms with Gasteiger partial charge in [0.1, 0.15) is 0 Å². The average molecular weight is 254 g/mol. The maximum Gasteiger partial charge on any atom is 0.417 e. The summed E-state index contributed by atoms with van der Waals surface area (Å²) < 4.78 is 37.6. The van der Waals surface area contributed by atoms with Crippen molar-refractivity contribution in [3.63, 3.8) is 0 Å². The fraction of sp³-hybridized carbons (Fsp3) is 1.00. The van der Waals surface area contributed by atoms with E-state index in [1.807, 2.05) is 4.90 Å². The van der Waals surface area contributed by atoms with E-state index in [1.165, 1.54) is 0 Å². The molecule has 2 N–H and O–H groups in total. The summed E-state index contributed by atoms with van der Waals surface area (Å²) in [4.78, 5) is 1.96. The van der Waals surface area contributed by atoms with E-state index in [9.17, 15) is 18.3 Å². The minimum atomic E-state index is -4.50. The van der Waals surface area contributed by atoms with Crippen LogP contribution in [0.1, 0.15) is 26.2 Å². The summed E-state index contributed by atoms with van der Waals surface area (Å²) in [6.07, 6.45) is -3.89. The molecule has 0 aromatic carbocycles. The zero-order chi connectivity index (χ0) is 12.9. The number of likely N-dealkylation sites (tertiary alicyclic amines) is 1. The quantitative estimate of drug-likeness (QED) is 0.727. The third-order valence-electron chi connectivity index (χ3n) is 3.24. The van der Waals surface area contributed by atoms with Crippen LogP contribution in [0, 0.1) is 0 Å². The predicted octanol–water partition coefficient (Wildman–Crippen LogP) is 1.38. The second kappa shape index (κ2) is 6.02. The lowest BCUT2D eigenvalue weighted by Crippen LogP contribution is -2.54. The van der Waals surface area contributed by atoms with E-state index in [0.717, 1.165) is 26.1 Å². The normalized spacial score (nSPS) is 21.7. The smallest absolute Gasteiger partial charge is 0.380 e. The van der Waals surface area contributed by atoms with Crippen molar-refractivity contribution < 1.29 is 18.3 Å². The zero-order valence-corrected chi connectivity index (χ0v) is 10.2. The molecule has 3 nitrogen and oxygen atoms in total. The topological polar surface area (TPSA) is 35.5 Å². The first-order valence-electron chi connectivity index (χ1n) is 6.11. The second-order valence-electron chi connectivity index (χ2n) is 4.62. The second-order valence-corrected chi connectivity index (χ2v) is 4.62. The summed E-state index contributed by atoms with van der Waals surface area (Å²) in [7, 11) is 0. The zero-order valence-electron chi connectivity index (χ0n) is 10.2. The third kappa shape index (κ3) is 4.12. The molecular weight excluding hydrogens is 233 g/mol. The number of rotatable bonds is 5. The van der Waals surface area contributed by atoms with Crippen molar-refractivity contribution in [1.82, 2.24) is 10.2 Å².